The standard InChI is InChI=1S/C25H22N4O3S/c1-17-7-9-19(10-8-17)27-23(31)15-22-24(32)29(20-11-13-21(30)14-12-20)25(33-22)28-26-16-18-5-3-2-4-6-18/h2-14,16,22,30H,15H2,1H3,(H,27,31). The average Bonchev–Trinajstić information content (AvgIpc) is 3.11. The van der Waals surface area contributed by atoms with E-state index in [0.29, 0.717) is 16.5 Å². The molecule has 0 bridgehead atoms. The summed E-state index contributed by atoms with van der Waals surface area (Å²) in [6.45, 7) is 1.97. The third-order valence-corrected chi connectivity index (χ3v) is 6.03. The molecule has 0 spiro atoms. The van der Waals surface area contributed by atoms with E-state index < -0.39 is 5.25 Å². The van der Waals surface area contributed by atoms with Gasteiger partial charge in [-0.25, -0.2) is 0 Å². The Bertz CT molecular complexity index is 1190. The maximum absolute atomic E-state index is 13.2. The van der Waals surface area contributed by atoms with Crippen LogP contribution in [0.25, 0.3) is 0 Å². The van der Waals surface area contributed by atoms with Gasteiger partial charge in [-0.05, 0) is 48.9 Å². The van der Waals surface area contributed by atoms with E-state index in [1.165, 1.54) is 28.8 Å². The van der Waals surface area contributed by atoms with E-state index in [-0.39, 0.29) is 24.0 Å². The lowest BCUT2D eigenvalue weighted by Gasteiger charge is -2.16. The van der Waals surface area contributed by atoms with Crippen molar-refractivity contribution < 1.29 is 14.7 Å². The summed E-state index contributed by atoms with van der Waals surface area (Å²) in [5.41, 5.74) is 3.19. The van der Waals surface area contributed by atoms with Gasteiger partial charge in [0.15, 0.2) is 5.17 Å². The topological polar surface area (TPSA) is 94.4 Å². The van der Waals surface area contributed by atoms with E-state index in [1.807, 2.05) is 61.5 Å². The van der Waals surface area contributed by atoms with Gasteiger partial charge in [0.05, 0.1) is 11.9 Å². The number of anilines is 2. The Morgan fingerprint density at radius 2 is 1.76 bits per heavy atom. The number of benzene rings is 3. The molecule has 3 aromatic rings. The molecule has 7 nitrogen and oxygen atoms in total. The van der Waals surface area contributed by atoms with Crippen LogP contribution in [0.5, 0.6) is 5.75 Å². The fourth-order valence-electron chi connectivity index (χ4n) is 3.21. The summed E-state index contributed by atoms with van der Waals surface area (Å²) in [6, 6.07) is 23.2. The fraction of sp³-hybridized carbons (Fsp3) is 0.120. The predicted octanol–water partition coefficient (Wildman–Crippen LogP) is 4.57. The summed E-state index contributed by atoms with van der Waals surface area (Å²) in [6.07, 6.45) is 1.60. The fourth-order valence-corrected chi connectivity index (χ4v) is 4.30. The number of aromatic hydroxyl groups is 1. The van der Waals surface area contributed by atoms with Crippen molar-refractivity contribution in [3.63, 3.8) is 0 Å². The highest BCUT2D eigenvalue weighted by Crippen LogP contribution is 2.34. The molecule has 1 aliphatic rings. The number of thioether (sulfide) groups is 1. The second-order valence-electron chi connectivity index (χ2n) is 7.45. The number of carbonyl (C=O) groups is 2. The zero-order valence-corrected chi connectivity index (χ0v) is 18.7. The van der Waals surface area contributed by atoms with Crippen LogP contribution >= 0.6 is 11.8 Å². The van der Waals surface area contributed by atoms with Crippen molar-refractivity contribution in [2.24, 2.45) is 10.2 Å². The Morgan fingerprint density at radius 3 is 2.45 bits per heavy atom. The predicted molar refractivity (Wildman–Crippen MR) is 133 cm³/mol. The molecule has 8 heteroatoms. The average molecular weight is 459 g/mol. The monoisotopic (exact) mass is 458 g/mol. The minimum Gasteiger partial charge on any atom is -0.508 e. The largest absolute Gasteiger partial charge is 0.508 e. The van der Waals surface area contributed by atoms with Crippen LogP contribution in [-0.2, 0) is 9.59 Å². The van der Waals surface area contributed by atoms with Crippen LogP contribution < -0.4 is 10.2 Å². The Hall–Kier alpha value is -3.91. The molecule has 1 aliphatic heterocycles. The zero-order valence-electron chi connectivity index (χ0n) is 17.9. The Kier molecular flexibility index (Phi) is 6.85. The molecule has 2 N–H and O–H groups in total. The highest BCUT2D eigenvalue weighted by atomic mass is 32.2. The number of amidine groups is 1. The maximum Gasteiger partial charge on any atom is 0.247 e. The summed E-state index contributed by atoms with van der Waals surface area (Å²) >= 11 is 1.19. The van der Waals surface area contributed by atoms with Crippen LogP contribution in [0.2, 0.25) is 0 Å². The smallest absolute Gasteiger partial charge is 0.247 e. The maximum atomic E-state index is 13.2. The molecule has 2 amide bonds. The number of amides is 2. The number of aryl methyl sites for hydroxylation is 1. The highest BCUT2D eigenvalue weighted by Gasteiger charge is 2.40. The first kappa shape index (κ1) is 22.3. The summed E-state index contributed by atoms with van der Waals surface area (Å²) in [5, 5.41) is 20.6. The van der Waals surface area contributed by atoms with Gasteiger partial charge in [0, 0.05) is 12.1 Å². The lowest BCUT2D eigenvalue weighted by Crippen LogP contribution is -2.33. The molecule has 0 aromatic heterocycles. The first-order chi connectivity index (χ1) is 16.0. The molecule has 0 radical (unpaired) electrons. The van der Waals surface area contributed by atoms with Gasteiger partial charge in [-0.2, -0.15) is 5.10 Å². The quantitative estimate of drug-likeness (QED) is 0.418. The first-order valence-corrected chi connectivity index (χ1v) is 11.2. The lowest BCUT2D eigenvalue weighted by atomic mass is 10.2. The third-order valence-electron chi connectivity index (χ3n) is 4.90. The van der Waals surface area contributed by atoms with Gasteiger partial charge in [-0.3, -0.25) is 14.5 Å². The number of nitrogens with zero attached hydrogens (tertiary/aromatic N) is 3. The minimum absolute atomic E-state index is 0.00657. The molecule has 1 atom stereocenters. The van der Waals surface area contributed by atoms with E-state index in [4.69, 9.17) is 0 Å². The first-order valence-electron chi connectivity index (χ1n) is 10.3. The van der Waals surface area contributed by atoms with E-state index in [1.54, 1.807) is 18.3 Å². The number of rotatable bonds is 6. The molecule has 0 saturated carbocycles. The van der Waals surface area contributed by atoms with Crippen molar-refractivity contribution in [2.45, 2.75) is 18.6 Å². The molecular weight excluding hydrogens is 436 g/mol. The van der Waals surface area contributed by atoms with Gasteiger partial charge in [-0.15, -0.1) is 5.10 Å². The zero-order chi connectivity index (χ0) is 23.2. The summed E-state index contributed by atoms with van der Waals surface area (Å²) in [4.78, 5) is 27.2. The molecule has 4 rings (SSSR count). The van der Waals surface area contributed by atoms with E-state index in [0.717, 1.165) is 11.1 Å². The van der Waals surface area contributed by atoms with Crippen LogP contribution in [0.15, 0.2) is 89.1 Å². The van der Waals surface area contributed by atoms with Gasteiger partial charge >= 0.3 is 0 Å². The van der Waals surface area contributed by atoms with Crippen molar-refractivity contribution in [1.29, 1.82) is 0 Å². The molecule has 1 unspecified atom stereocenters. The van der Waals surface area contributed by atoms with Crippen LogP contribution in [0.1, 0.15) is 17.5 Å². The molecule has 0 aliphatic carbocycles. The summed E-state index contributed by atoms with van der Waals surface area (Å²) in [5.74, 6) is -0.435. The van der Waals surface area contributed by atoms with E-state index in [9.17, 15) is 14.7 Å². The number of nitrogens with one attached hydrogen (secondary N) is 1. The van der Waals surface area contributed by atoms with Crippen LogP contribution in [0.4, 0.5) is 11.4 Å². The second-order valence-corrected chi connectivity index (χ2v) is 8.62. The van der Waals surface area contributed by atoms with Crippen molar-refractivity contribution in [3.05, 3.63) is 90.0 Å². The van der Waals surface area contributed by atoms with Gasteiger partial charge in [0.2, 0.25) is 11.8 Å². The van der Waals surface area contributed by atoms with Crippen LogP contribution in [-0.4, -0.2) is 33.6 Å². The Balaban J connectivity index is 1.53. The number of hydrogen-bond donors (Lipinski definition) is 2. The minimum atomic E-state index is -0.644. The summed E-state index contributed by atoms with van der Waals surface area (Å²) < 4.78 is 0. The van der Waals surface area contributed by atoms with Crippen LogP contribution in [0.3, 0.4) is 0 Å². The van der Waals surface area contributed by atoms with Gasteiger partial charge < -0.3 is 10.4 Å². The third kappa shape index (κ3) is 5.67. The van der Waals surface area contributed by atoms with Gasteiger partial charge in [-0.1, -0.05) is 59.8 Å². The van der Waals surface area contributed by atoms with E-state index in [2.05, 4.69) is 15.5 Å². The molecule has 1 heterocycles. The van der Waals surface area contributed by atoms with E-state index >= 15 is 0 Å². The van der Waals surface area contributed by atoms with Crippen molar-refractivity contribution in [2.75, 3.05) is 10.2 Å². The summed E-state index contributed by atoms with van der Waals surface area (Å²) in [7, 11) is 0. The van der Waals surface area contributed by atoms with Crippen LogP contribution in [0, 0.1) is 6.92 Å². The van der Waals surface area contributed by atoms with Gasteiger partial charge in [0.25, 0.3) is 0 Å². The van der Waals surface area contributed by atoms with Gasteiger partial charge in [0.1, 0.15) is 11.0 Å². The lowest BCUT2D eigenvalue weighted by molar-refractivity contribution is -0.121. The molecule has 1 fully saturated rings. The molecule has 33 heavy (non-hydrogen) atoms. The normalized spacial score (nSPS) is 17.1. The number of hydrogen-bond acceptors (Lipinski definition) is 6. The Labute approximate surface area is 195 Å². The van der Waals surface area contributed by atoms with Crippen molar-refractivity contribution in [1.82, 2.24) is 0 Å². The van der Waals surface area contributed by atoms with Crippen molar-refractivity contribution >= 4 is 46.3 Å². The number of carbonyl (C=O) groups excluding carboxylic acids is 2. The number of phenols is 1. The molecule has 3 aromatic carbocycles. The van der Waals surface area contributed by atoms with Crippen molar-refractivity contribution in [3.8, 4) is 5.75 Å². The second kappa shape index (κ2) is 10.1. The molecule has 166 valence electrons. The SMILES string of the molecule is Cc1ccc(NC(=O)CC2SC(=NN=Cc3ccccc3)N(c3ccc(O)cc3)C2=O)cc1. The number of phenolic OH excluding ortho intramolecular Hbond substituents is 1. The molecular formula is C25H22N4O3S. The Morgan fingerprint density at radius 1 is 1.06 bits per heavy atom. The highest BCUT2D eigenvalue weighted by molar-refractivity contribution is 8.16. The molecule has 1 saturated heterocycles.